The third-order valence-corrected chi connectivity index (χ3v) is 2.38. The molecule has 1 N–H and O–H groups in total. The van der Waals surface area contributed by atoms with E-state index in [1.807, 2.05) is 30.3 Å². The quantitative estimate of drug-likeness (QED) is 0.675. The van der Waals surface area contributed by atoms with Gasteiger partial charge in [-0.2, -0.15) is 14.4 Å². The van der Waals surface area contributed by atoms with Gasteiger partial charge in [0.1, 0.15) is 5.75 Å². The molecule has 2 rings (SSSR count). The molecule has 0 aliphatic heterocycles. The maximum Gasteiger partial charge on any atom is 0.357 e. The predicted octanol–water partition coefficient (Wildman–Crippen LogP) is 3.62. The van der Waals surface area contributed by atoms with E-state index in [1.54, 1.807) is 24.3 Å². The predicted molar refractivity (Wildman–Crippen MR) is 68.5 cm³/mol. The molecule has 2 aromatic rings. The summed E-state index contributed by atoms with van der Waals surface area (Å²) in [5, 5.41) is 8.07. The standard InChI is InChI=1S/C12H10N2O3S/c15-18(16)17-12-8-6-11(7-9-12)14-13-10-4-2-1-3-5-10/h1-9H,(H,15,16). The van der Waals surface area contributed by atoms with Gasteiger partial charge in [-0.1, -0.05) is 18.2 Å². The van der Waals surface area contributed by atoms with E-state index in [9.17, 15) is 4.21 Å². The fourth-order valence-corrected chi connectivity index (χ4v) is 1.54. The molecule has 0 fully saturated rings. The Balaban J connectivity index is 2.06. The Kier molecular flexibility index (Phi) is 4.16. The number of nitrogens with zero attached hydrogens (tertiary/aromatic N) is 2. The summed E-state index contributed by atoms with van der Waals surface area (Å²) in [7, 11) is 0. The van der Waals surface area contributed by atoms with Gasteiger partial charge >= 0.3 is 11.4 Å². The zero-order valence-electron chi connectivity index (χ0n) is 9.26. The van der Waals surface area contributed by atoms with E-state index in [2.05, 4.69) is 14.4 Å². The van der Waals surface area contributed by atoms with Gasteiger partial charge in [0.25, 0.3) is 0 Å². The van der Waals surface area contributed by atoms with Crippen LogP contribution in [0.25, 0.3) is 0 Å². The van der Waals surface area contributed by atoms with Crippen LogP contribution in [0.1, 0.15) is 0 Å². The Morgan fingerprint density at radius 3 is 2.00 bits per heavy atom. The first-order valence-corrected chi connectivity index (χ1v) is 6.13. The molecule has 0 aliphatic rings. The van der Waals surface area contributed by atoms with Crippen molar-refractivity contribution >= 4 is 22.7 Å². The molecule has 0 spiro atoms. The van der Waals surface area contributed by atoms with Crippen LogP contribution in [0.2, 0.25) is 0 Å². The lowest BCUT2D eigenvalue weighted by Crippen LogP contribution is -1.96. The molecule has 0 heterocycles. The minimum absolute atomic E-state index is 0.300. The van der Waals surface area contributed by atoms with Crippen LogP contribution >= 0.6 is 0 Å². The first kappa shape index (κ1) is 12.4. The molecule has 1 atom stereocenters. The highest BCUT2D eigenvalue weighted by atomic mass is 32.2. The first-order valence-electron chi connectivity index (χ1n) is 5.10. The smallest absolute Gasteiger partial charge is 0.357 e. The van der Waals surface area contributed by atoms with Gasteiger partial charge in [0, 0.05) is 0 Å². The van der Waals surface area contributed by atoms with Crippen LogP contribution in [0.4, 0.5) is 11.4 Å². The summed E-state index contributed by atoms with van der Waals surface area (Å²) in [5.74, 6) is 0.300. The topological polar surface area (TPSA) is 71.2 Å². The molecule has 5 nitrogen and oxygen atoms in total. The summed E-state index contributed by atoms with van der Waals surface area (Å²) < 4.78 is 23.5. The summed E-state index contributed by atoms with van der Waals surface area (Å²) >= 11 is -2.31. The van der Waals surface area contributed by atoms with Crippen LogP contribution in [0, 0.1) is 0 Å². The third kappa shape index (κ3) is 3.76. The molecule has 0 aromatic heterocycles. The van der Waals surface area contributed by atoms with E-state index in [0.717, 1.165) is 5.69 Å². The lowest BCUT2D eigenvalue weighted by atomic mass is 10.3. The molecule has 0 saturated carbocycles. The van der Waals surface area contributed by atoms with Crippen molar-refractivity contribution in [1.29, 1.82) is 0 Å². The summed E-state index contributed by atoms with van der Waals surface area (Å²) in [4.78, 5) is 0. The Labute approximate surface area is 107 Å². The second-order valence-corrected chi connectivity index (χ2v) is 3.93. The summed E-state index contributed by atoms with van der Waals surface area (Å²) in [6.45, 7) is 0. The van der Waals surface area contributed by atoms with Crippen molar-refractivity contribution < 1.29 is 12.9 Å². The van der Waals surface area contributed by atoms with Crippen molar-refractivity contribution in [3.05, 3.63) is 54.6 Å². The average Bonchev–Trinajstić information content (AvgIpc) is 2.38. The highest BCUT2D eigenvalue weighted by molar-refractivity contribution is 7.74. The van der Waals surface area contributed by atoms with E-state index in [0.29, 0.717) is 11.4 Å². The number of hydrogen-bond donors (Lipinski definition) is 1. The molecule has 0 radical (unpaired) electrons. The molecule has 0 aliphatic carbocycles. The lowest BCUT2D eigenvalue weighted by molar-refractivity contribution is 0.458. The van der Waals surface area contributed by atoms with E-state index in [4.69, 9.17) is 4.55 Å². The highest BCUT2D eigenvalue weighted by Crippen LogP contribution is 2.21. The van der Waals surface area contributed by atoms with Crippen molar-refractivity contribution in [1.82, 2.24) is 0 Å². The van der Waals surface area contributed by atoms with Gasteiger partial charge in [-0.3, -0.25) is 4.55 Å². The van der Waals surface area contributed by atoms with Gasteiger partial charge in [-0.25, -0.2) is 0 Å². The third-order valence-electron chi connectivity index (χ3n) is 2.04. The molecule has 0 bridgehead atoms. The van der Waals surface area contributed by atoms with Crippen LogP contribution in [-0.2, 0) is 11.4 Å². The average molecular weight is 262 g/mol. The van der Waals surface area contributed by atoms with Crippen molar-refractivity contribution in [2.45, 2.75) is 0 Å². The number of rotatable bonds is 4. The second-order valence-electron chi connectivity index (χ2n) is 3.33. The minimum atomic E-state index is -2.31. The summed E-state index contributed by atoms with van der Waals surface area (Å²) in [6, 6.07) is 15.7. The molecule has 92 valence electrons. The summed E-state index contributed by atoms with van der Waals surface area (Å²) in [6.07, 6.45) is 0. The number of hydrogen-bond acceptors (Lipinski definition) is 4. The lowest BCUT2D eigenvalue weighted by Gasteiger charge is -1.99. The van der Waals surface area contributed by atoms with Gasteiger partial charge in [-0.05, 0) is 36.4 Å². The molecule has 18 heavy (non-hydrogen) atoms. The molecule has 1 unspecified atom stereocenters. The van der Waals surface area contributed by atoms with E-state index in [1.165, 1.54) is 0 Å². The molecular weight excluding hydrogens is 252 g/mol. The molecule has 0 amide bonds. The fraction of sp³-hybridized carbons (Fsp3) is 0. The zero-order chi connectivity index (χ0) is 12.8. The Morgan fingerprint density at radius 1 is 0.889 bits per heavy atom. The van der Waals surface area contributed by atoms with Gasteiger partial charge in [-0.15, -0.1) is 0 Å². The van der Waals surface area contributed by atoms with E-state index < -0.39 is 11.4 Å². The van der Waals surface area contributed by atoms with E-state index in [-0.39, 0.29) is 0 Å². The van der Waals surface area contributed by atoms with Crippen LogP contribution < -0.4 is 4.18 Å². The second kappa shape index (κ2) is 6.04. The summed E-state index contributed by atoms with van der Waals surface area (Å²) in [5.41, 5.74) is 1.39. The van der Waals surface area contributed by atoms with Crippen LogP contribution in [0.15, 0.2) is 64.8 Å². The normalized spacial score (nSPS) is 12.5. The van der Waals surface area contributed by atoms with Crippen molar-refractivity contribution in [3.63, 3.8) is 0 Å². The minimum Gasteiger partial charge on any atom is -0.380 e. The maximum atomic E-state index is 10.4. The molecule has 6 heteroatoms. The van der Waals surface area contributed by atoms with Crippen LogP contribution in [0.3, 0.4) is 0 Å². The SMILES string of the molecule is O=S(O)Oc1ccc(N=Nc2ccccc2)cc1. The van der Waals surface area contributed by atoms with Gasteiger partial charge in [0.15, 0.2) is 0 Å². The van der Waals surface area contributed by atoms with Crippen LogP contribution in [0.5, 0.6) is 5.75 Å². The van der Waals surface area contributed by atoms with Crippen molar-refractivity contribution in [3.8, 4) is 5.75 Å². The van der Waals surface area contributed by atoms with Gasteiger partial charge in [0.05, 0.1) is 11.4 Å². The van der Waals surface area contributed by atoms with Crippen molar-refractivity contribution in [2.75, 3.05) is 0 Å². The zero-order valence-corrected chi connectivity index (χ0v) is 10.1. The van der Waals surface area contributed by atoms with Crippen LogP contribution in [-0.4, -0.2) is 8.76 Å². The van der Waals surface area contributed by atoms with E-state index >= 15 is 0 Å². The maximum absolute atomic E-state index is 10.4. The number of benzene rings is 2. The van der Waals surface area contributed by atoms with Gasteiger partial charge in [0.2, 0.25) is 0 Å². The Morgan fingerprint density at radius 2 is 1.44 bits per heavy atom. The monoisotopic (exact) mass is 262 g/mol. The molecular formula is C12H10N2O3S. The number of azo groups is 1. The largest absolute Gasteiger partial charge is 0.380 e. The Hall–Kier alpha value is -2.05. The highest BCUT2D eigenvalue weighted by Gasteiger charge is 1.98. The molecule has 0 saturated heterocycles. The molecule has 2 aromatic carbocycles. The van der Waals surface area contributed by atoms with Gasteiger partial charge < -0.3 is 4.18 Å². The van der Waals surface area contributed by atoms with Crippen molar-refractivity contribution in [2.24, 2.45) is 10.2 Å². The Bertz CT molecular complexity index is 555. The fourth-order valence-electron chi connectivity index (χ4n) is 1.26. The first-order chi connectivity index (χ1) is 8.74.